The zero-order chi connectivity index (χ0) is 13.9. The molecule has 1 N–H and O–H groups in total. The van der Waals surface area contributed by atoms with Crippen LogP contribution in [0.25, 0.3) is 0 Å². The van der Waals surface area contributed by atoms with Crippen LogP contribution in [0.15, 0.2) is 0 Å². The summed E-state index contributed by atoms with van der Waals surface area (Å²) in [5, 5.41) is 3.72. The summed E-state index contributed by atoms with van der Waals surface area (Å²) < 4.78 is 0. The van der Waals surface area contributed by atoms with E-state index in [1.165, 1.54) is 51.5 Å². The Balaban J connectivity index is 1.92. The first-order chi connectivity index (χ1) is 9.01. The van der Waals surface area contributed by atoms with E-state index in [0.717, 1.165) is 24.5 Å². The summed E-state index contributed by atoms with van der Waals surface area (Å²) >= 11 is 0. The molecular formula is C17H34N2. The van der Waals surface area contributed by atoms with Crippen molar-refractivity contribution in [1.29, 1.82) is 0 Å². The smallest absolute Gasteiger partial charge is 0.0221 e. The van der Waals surface area contributed by atoms with Crippen molar-refractivity contribution < 1.29 is 0 Å². The second-order valence-corrected chi connectivity index (χ2v) is 7.68. The normalized spacial score (nSPS) is 28.1. The van der Waals surface area contributed by atoms with E-state index in [9.17, 15) is 0 Å². The van der Waals surface area contributed by atoms with Gasteiger partial charge in [0.1, 0.15) is 0 Å². The van der Waals surface area contributed by atoms with Crippen LogP contribution >= 0.6 is 0 Å². The molecule has 0 spiro atoms. The highest BCUT2D eigenvalue weighted by atomic mass is 15.2. The lowest BCUT2D eigenvalue weighted by molar-refractivity contribution is 0.124. The van der Waals surface area contributed by atoms with Crippen LogP contribution in [0.5, 0.6) is 0 Å². The molecule has 2 nitrogen and oxygen atoms in total. The minimum atomic E-state index is 0.246. The lowest BCUT2D eigenvalue weighted by atomic mass is 9.94. The molecule has 2 aliphatic rings. The molecule has 19 heavy (non-hydrogen) atoms. The Hall–Kier alpha value is -0.0800. The second kappa shape index (κ2) is 6.58. The van der Waals surface area contributed by atoms with Crippen molar-refractivity contribution in [2.45, 2.75) is 90.3 Å². The van der Waals surface area contributed by atoms with Crippen LogP contribution in [0, 0.1) is 5.92 Å². The van der Waals surface area contributed by atoms with Crippen molar-refractivity contribution in [2.75, 3.05) is 13.1 Å². The standard InChI is InChI=1S/C17H34N2/c1-5-15(13-18-17(2,3)4)19-12-8-11-16(19)14-9-6-7-10-14/h14-16,18H,5-13H2,1-4H3. The summed E-state index contributed by atoms with van der Waals surface area (Å²) in [7, 11) is 0. The molecule has 1 aliphatic heterocycles. The highest BCUT2D eigenvalue weighted by Crippen LogP contribution is 2.36. The molecule has 1 heterocycles. The van der Waals surface area contributed by atoms with Gasteiger partial charge in [-0.1, -0.05) is 19.8 Å². The fraction of sp³-hybridized carbons (Fsp3) is 1.00. The third-order valence-electron chi connectivity index (χ3n) is 5.09. The molecule has 2 atom stereocenters. The first kappa shape index (κ1) is 15.3. The van der Waals surface area contributed by atoms with Crippen molar-refractivity contribution in [2.24, 2.45) is 5.92 Å². The van der Waals surface area contributed by atoms with E-state index in [1.807, 2.05) is 0 Å². The summed E-state index contributed by atoms with van der Waals surface area (Å²) in [5.74, 6) is 1.01. The van der Waals surface area contributed by atoms with Crippen LogP contribution in [0.2, 0.25) is 0 Å². The van der Waals surface area contributed by atoms with Gasteiger partial charge < -0.3 is 5.32 Å². The average molecular weight is 266 g/mol. The summed E-state index contributed by atoms with van der Waals surface area (Å²) in [6.07, 6.45) is 10.1. The first-order valence-corrected chi connectivity index (χ1v) is 8.52. The van der Waals surface area contributed by atoms with Gasteiger partial charge in [0.05, 0.1) is 0 Å². The molecule has 1 saturated heterocycles. The van der Waals surface area contributed by atoms with Gasteiger partial charge in [0, 0.05) is 24.2 Å². The van der Waals surface area contributed by atoms with Gasteiger partial charge in [0.15, 0.2) is 0 Å². The zero-order valence-corrected chi connectivity index (χ0v) is 13.5. The molecule has 0 radical (unpaired) electrons. The van der Waals surface area contributed by atoms with Crippen LogP contribution in [-0.2, 0) is 0 Å². The molecule has 1 aliphatic carbocycles. The Labute approximate surface area is 120 Å². The molecule has 2 unspecified atom stereocenters. The quantitative estimate of drug-likeness (QED) is 0.814. The number of likely N-dealkylation sites (tertiary alicyclic amines) is 1. The zero-order valence-electron chi connectivity index (χ0n) is 13.5. The molecule has 0 bridgehead atoms. The van der Waals surface area contributed by atoms with Gasteiger partial charge in [0.2, 0.25) is 0 Å². The average Bonchev–Trinajstić information content (AvgIpc) is 2.98. The van der Waals surface area contributed by atoms with Gasteiger partial charge in [-0.25, -0.2) is 0 Å². The highest BCUT2D eigenvalue weighted by Gasteiger charge is 2.36. The molecule has 112 valence electrons. The van der Waals surface area contributed by atoms with Gasteiger partial charge in [-0.3, -0.25) is 4.90 Å². The van der Waals surface area contributed by atoms with Crippen LogP contribution < -0.4 is 5.32 Å². The molecule has 1 saturated carbocycles. The largest absolute Gasteiger partial charge is 0.311 e. The van der Waals surface area contributed by atoms with Gasteiger partial charge in [0.25, 0.3) is 0 Å². The predicted octanol–water partition coefficient (Wildman–Crippen LogP) is 3.81. The third-order valence-corrected chi connectivity index (χ3v) is 5.09. The van der Waals surface area contributed by atoms with Gasteiger partial charge >= 0.3 is 0 Å². The van der Waals surface area contributed by atoms with Crippen molar-refractivity contribution in [1.82, 2.24) is 10.2 Å². The lowest BCUT2D eigenvalue weighted by Crippen LogP contribution is -2.50. The van der Waals surface area contributed by atoms with Crippen molar-refractivity contribution >= 4 is 0 Å². The molecule has 0 amide bonds. The van der Waals surface area contributed by atoms with E-state index >= 15 is 0 Å². The minimum absolute atomic E-state index is 0.246. The van der Waals surface area contributed by atoms with E-state index in [2.05, 4.69) is 37.9 Å². The van der Waals surface area contributed by atoms with Crippen molar-refractivity contribution in [3.8, 4) is 0 Å². The summed E-state index contributed by atoms with van der Waals surface area (Å²) in [6, 6.07) is 1.64. The number of hydrogen-bond donors (Lipinski definition) is 1. The van der Waals surface area contributed by atoms with Crippen LogP contribution in [0.3, 0.4) is 0 Å². The Morgan fingerprint density at radius 3 is 2.37 bits per heavy atom. The Morgan fingerprint density at radius 2 is 1.79 bits per heavy atom. The van der Waals surface area contributed by atoms with Gasteiger partial charge in [-0.2, -0.15) is 0 Å². The van der Waals surface area contributed by atoms with E-state index in [-0.39, 0.29) is 5.54 Å². The van der Waals surface area contributed by atoms with Crippen LogP contribution in [0.4, 0.5) is 0 Å². The van der Waals surface area contributed by atoms with Crippen molar-refractivity contribution in [3.63, 3.8) is 0 Å². The van der Waals surface area contributed by atoms with Crippen molar-refractivity contribution in [3.05, 3.63) is 0 Å². The first-order valence-electron chi connectivity index (χ1n) is 8.52. The molecule has 2 fully saturated rings. The maximum Gasteiger partial charge on any atom is 0.0221 e. The molecule has 0 aromatic rings. The molecule has 2 heteroatoms. The van der Waals surface area contributed by atoms with E-state index in [4.69, 9.17) is 0 Å². The van der Waals surface area contributed by atoms with Gasteiger partial charge in [-0.05, 0) is 65.3 Å². The van der Waals surface area contributed by atoms with Crippen LogP contribution in [-0.4, -0.2) is 35.6 Å². The molecule has 2 rings (SSSR count). The minimum Gasteiger partial charge on any atom is -0.311 e. The van der Waals surface area contributed by atoms with E-state index < -0.39 is 0 Å². The summed E-state index contributed by atoms with van der Waals surface area (Å²) in [5.41, 5.74) is 0.246. The predicted molar refractivity (Wildman–Crippen MR) is 83.5 cm³/mol. The second-order valence-electron chi connectivity index (χ2n) is 7.68. The Bertz CT molecular complexity index is 263. The molecular weight excluding hydrogens is 232 g/mol. The maximum atomic E-state index is 3.72. The SMILES string of the molecule is CCC(CNC(C)(C)C)N1CCCC1C1CCCC1. The molecule has 0 aromatic carbocycles. The summed E-state index contributed by atoms with van der Waals surface area (Å²) in [6.45, 7) is 11.7. The Kier molecular flexibility index (Phi) is 5.30. The Morgan fingerprint density at radius 1 is 1.11 bits per heavy atom. The monoisotopic (exact) mass is 266 g/mol. The fourth-order valence-corrected chi connectivity index (χ4v) is 4.04. The van der Waals surface area contributed by atoms with E-state index in [0.29, 0.717) is 0 Å². The van der Waals surface area contributed by atoms with Gasteiger partial charge in [-0.15, -0.1) is 0 Å². The number of rotatable bonds is 5. The third kappa shape index (κ3) is 4.19. The summed E-state index contributed by atoms with van der Waals surface area (Å²) in [4.78, 5) is 2.86. The number of nitrogens with zero attached hydrogens (tertiary/aromatic N) is 1. The number of hydrogen-bond acceptors (Lipinski definition) is 2. The van der Waals surface area contributed by atoms with Crippen LogP contribution in [0.1, 0.15) is 72.6 Å². The fourth-order valence-electron chi connectivity index (χ4n) is 4.04. The lowest BCUT2D eigenvalue weighted by Gasteiger charge is -2.37. The highest BCUT2D eigenvalue weighted by molar-refractivity contribution is 4.91. The number of nitrogens with one attached hydrogen (secondary N) is 1. The molecule has 0 aromatic heterocycles. The maximum absolute atomic E-state index is 3.72. The topological polar surface area (TPSA) is 15.3 Å². The van der Waals surface area contributed by atoms with E-state index in [1.54, 1.807) is 0 Å².